The lowest BCUT2D eigenvalue weighted by Crippen LogP contribution is -2.37. The third kappa shape index (κ3) is 2.92. The van der Waals surface area contributed by atoms with Crippen LogP contribution in [0, 0.1) is 5.82 Å². The first-order chi connectivity index (χ1) is 8.00. The Morgan fingerprint density at radius 2 is 1.94 bits per heavy atom. The monoisotopic (exact) mass is 300 g/mol. The Bertz CT molecular complexity index is 414. The molecule has 0 unspecified atom stereocenters. The van der Waals surface area contributed by atoms with Crippen molar-refractivity contribution >= 4 is 27.3 Å². The Balaban J connectivity index is 2.20. The molecule has 0 saturated heterocycles. The molecule has 4 heteroatoms. The largest absolute Gasteiger partial charge is 0.397 e. The van der Waals surface area contributed by atoms with Gasteiger partial charge in [0, 0.05) is 11.6 Å². The second-order valence-corrected chi connectivity index (χ2v) is 5.95. The Kier molecular flexibility index (Phi) is 3.61. The van der Waals surface area contributed by atoms with Gasteiger partial charge in [-0.25, -0.2) is 4.39 Å². The number of benzene rings is 1. The Labute approximate surface area is 110 Å². The lowest BCUT2D eigenvalue weighted by molar-refractivity contribution is 0.349. The van der Waals surface area contributed by atoms with E-state index < -0.39 is 0 Å². The number of hydrogen-bond acceptors (Lipinski definition) is 2. The highest BCUT2D eigenvalue weighted by Gasteiger charge is 2.27. The fraction of sp³-hybridized carbons (Fsp3) is 0.538. The maximum absolute atomic E-state index is 13.5. The number of nitrogens with one attached hydrogen (secondary N) is 1. The van der Waals surface area contributed by atoms with Crippen molar-refractivity contribution in [1.82, 2.24) is 0 Å². The average molecular weight is 301 g/mol. The van der Waals surface area contributed by atoms with Gasteiger partial charge in [0.15, 0.2) is 0 Å². The highest BCUT2D eigenvalue weighted by Crippen LogP contribution is 2.34. The highest BCUT2D eigenvalue weighted by molar-refractivity contribution is 9.10. The van der Waals surface area contributed by atoms with Gasteiger partial charge < -0.3 is 11.1 Å². The normalized spacial score (nSPS) is 19.0. The number of halogens is 2. The summed E-state index contributed by atoms with van der Waals surface area (Å²) >= 11 is 3.14. The highest BCUT2D eigenvalue weighted by atomic mass is 79.9. The molecule has 1 aromatic carbocycles. The van der Waals surface area contributed by atoms with Crippen LogP contribution in [0.4, 0.5) is 15.8 Å². The number of rotatable bonds is 2. The van der Waals surface area contributed by atoms with Crippen LogP contribution in [0.3, 0.4) is 0 Å². The first-order valence-electron chi connectivity index (χ1n) is 6.03. The zero-order valence-corrected chi connectivity index (χ0v) is 11.6. The van der Waals surface area contributed by atoms with Crippen molar-refractivity contribution in [3.63, 3.8) is 0 Å². The molecule has 0 bridgehead atoms. The summed E-state index contributed by atoms with van der Waals surface area (Å²) < 4.78 is 13.9. The van der Waals surface area contributed by atoms with E-state index in [4.69, 9.17) is 5.73 Å². The minimum absolute atomic E-state index is 0.0483. The summed E-state index contributed by atoms with van der Waals surface area (Å²) in [5.74, 6) is -0.277. The standard InChI is InChI=1S/C13H18BrFN2/c1-13(5-3-2-4-6-13)17-12-8-10(15)9(14)7-11(12)16/h7-8,17H,2-6,16H2,1H3. The third-order valence-corrected chi connectivity index (χ3v) is 4.09. The predicted molar refractivity (Wildman–Crippen MR) is 73.6 cm³/mol. The molecule has 0 amide bonds. The van der Waals surface area contributed by atoms with Gasteiger partial charge in [0.1, 0.15) is 5.82 Å². The van der Waals surface area contributed by atoms with Crippen LogP contribution in [0.5, 0.6) is 0 Å². The van der Waals surface area contributed by atoms with Crippen molar-refractivity contribution in [2.45, 2.75) is 44.6 Å². The van der Waals surface area contributed by atoms with Gasteiger partial charge in [-0.15, -0.1) is 0 Å². The van der Waals surface area contributed by atoms with Gasteiger partial charge in [0.25, 0.3) is 0 Å². The molecule has 0 heterocycles. The fourth-order valence-corrected chi connectivity index (χ4v) is 2.81. The van der Waals surface area contributed by atoms with Crippen molar-refractivity contribution in [1.29, 1.82) is 0 Å². The Hall–Kier alpha value is -0.770. The summed E-state index contributed by atoms with van der Waals surface area (Å²) in [7, 11) is 0. The summed E-state index contributed by atoms with van der Waals surface area (Å²) in [5, 5.41) is 3.41. The molecule has 2 rings (SSSR count). The molecular formula is C13H18BrFN2. The van der Waals surface area contributed by atoms with Crippen molar-refractivity contribution < 1.29 is 4.39 Å². The zero-order valence-electron chi connectivity index (χ0n) is 10.0. The van der Waals surface area contributed by atoms with Crippen LogP contribution in [-0.2, 0) is 0 Å². The van der Waals surface area contributed by atoms with E-state index in [0.717, 1.165) is 12.8 Å². The summed E-state index contributed by atoms with van der Waals surface area (Å²) in [4.78, 5) is 0. The predicted octanol–water partition coefficient (Wildman–Crippen LogP) is 4.31. The van der Waals surface area contributed by atoms with Crippen molar-refractivity contribution in [3.05, 3.63) is 22.4 Å². The van der Waals surface area contributed by atoms with Crippen LogP contribution in [0.1, 0.15) is 39.0 Å². The molecule has 0 aliphatic heterocycles. The van der Waals surface area contributed by atoms with Gasteiger partial charge >= 0.3 is 0 Å². The molecule has 0 radical (unpaired) electrons. The molecule has 94 valence electrons. The smallest absolute Gasteiger partial charge is 0.139 e. The summed E-state index contributed by atoms with van der Waals surface area (Å²) in [6.07, 6.45) is 5.97. The molecule has 0 aromatic heterocycles. The van der Waals surface area contributed by atoms with Crippen LogP contribution >= 0.6 is 15.9 Å². The Morgan fingerprint density at radius 3 is 2.59 bits per heavy atom. The van der Waals surface area contributed by atoms with E-state index in [1.807, 2.05) is 0 Å². The SMILES string of the molecule is CC1(Nc2cc(F)c(Br)cc2N)CCCCC1. The molecule has 0 atom stereocenters. The van der Waals surface area contributed by atoms with Crippen LogP contribution in [0.2, 0.25) is 0 Å². The molecule has 1 aromatic rings. The van der Waals surface area contributed by atoms with Gasteiger partial charge in [-0.2, -0.15) is 0 Å². The average Bonchev–Trinajstić information content (AvgIpc) is 2.26. The summed E-state index contributed by atoms with van der Waals surface area (Å²) in [6.45, 7) is 2.19. The fourth-order valence-electron chi connectivity index (χ4n) is 2.45. The van der Waals surface area contributed by atoms with Gasteiger partial charge in [-0.3, -0.25) is 0 Å². The van der Waals surface area contributed by atoms with Crippen LogP contribution in [0.25, 0.3) is 0 Å². The number of anilines is 2. The maximum atomic E-state index is 13.5. The van der Waals surface area contributed by atoms with Gasteiger partial charge in [0.2, 0.25) is 0 Å². The van der Waals surface area contributed by atoms with Crippen molar-refractivity contribution in [2.75, 3.05) is 11.1 Å². The Morgan fingerprint density at radius 1 is 1.29 bits per heavy atom. The second-order valence-electron chi connectivity index (χ2n) is 5.10. The minimum Gasteiger partial charge on any atom is -0.397 e. The molecule has 1 saturated carbocycles. The third-order valence-electron chi connectivity index (χ3n) is 3.49. The van der Waals surface area contributed by atoms with E-state index in [-0.39, 0.29) is 11.4 Å². The van der Waals surface area contributed by atoms with E-state index in [1.54, 1.807) is 6.07 Å². The van der Waals surface area contributed by atoms with Crippen LogP contribution in [-0.4, -0.2) is 5.54 Å². The van der Waals surface area contributed by atoms with Crippen LogP contribution < -0.4 is 11.1 Å². The molecule has 1 aliphatic rings. The van der Waals surface area contributed by atoms with Gasteiger partial charge in [-0.1, -0.05) is 19.3 Å². The van der Waals surface area contributed by atoms with E-state index in [2.05, 4.69) is 28.2 Å². The van der Waals surface area contributed by atoms with E-state index in [9.17, 15) is 4.39 Å². The zero-order chi connectivity index (χ0) is 12.5. The van der Waals surface area contributed by atoms with Crippen LogP contribution in [0.15, 0.2) is 16.6 Å². The topological polar surface area (TPSA) is 38.0 Å². The van der Waals surface area contributed by atoms with Crippen molar-refractivity contribution in [2.24, 2.45) is 0 Å². The summed E-state index contributed by atoms with van der Waals surface area (Å²) in [6, 6.07) is 3.09. The molecule has 1 aliphatic carbocycles. The summed E-state index contributed by atoms with van der Waals surface area (Å²) in [5.41, 5.74) is 7.25. The lowest BCUT2D eigenvalue weighted by Gasteiger charge is -2.36. The molecule has 3 N–H and O–H groups in total. The number of nitrogens with two attached hydrogens (primary N) is 1. The lowest BCUT2D eigenvalue weighted by atomic mass is 9.83. The van der Waals surface area contributed by atoms with E-state index in [0.29, 0.717) is 15.8 Å². The molecule has 1 fully saturated rings. The van der Waals surface area contributed by atoms with E-state index in [1.165, 1.54) is 25.3 Å². The molecule has 2 nitrogen and oxygen atoms in total. The molecule has 17 heavy (non-hydrogen) atoms. The number of nitrogen functional groups attached to an aromatic ring is 1. The number of hydrogen-bond donors (Lipinski definition) is 2. The quantitative estimate of drug-likeness (QED) is 0.799. The minimum atomic E-state index is -0.277. The van der Waals surface area contributed by atoms with Gasteiger partial charge in [-0.05, 0) is 41.8 Å². The maximum Gasteiger partial charge on any atom is 0.139 e. The van der Waals surface area contributed by atoms with E-state index >= 15 is 0 Å². The molecule has 0 spiro atoms. The van der Waals surface area contributed by atoms with Gasteiger partial charge in [0.05, 0.1) is 15.8 Å². The first-order valence-corrected chi connectivity index (χ1v) is 6.82. The molecular weight excluding hydrogens is 283 g/mol. The second kappa shape index (κ2) is 4.84. The first kappa shape index (κ1) is 12.7. The van der Waals surface area contributed by atoms with Crippen molar-refractivity contribution in [3.8, 4) is 0 Å².